The predicted molar refractivity (Wildman–Crippen MR) is 164 cm³/mol. The van der Waals surface area contributed by atoms with Crippen LogP contribution in [0, 0.1) is 11.8 Å². The van der Waals surface area contributed by atoms with Gasteiger partial charge in [-0.2, -0.15) is 18.2 Å². The molecule has 0 radical (unpaired) electrons. The highest BCUT2D eigenvalue weighted by atomic mass is 35.5. The molecule has 9 nitrogen and oxygen atoms in total. The second kappa shape index (κ2) is 13.1. The number of sulfonamides is 1. The Balaban J connectivity index is 1.10. The van der Waals surface area contributed by atoms with E-state index in [1.165, 1.54) is 24.3 Å². The van der Waals surface area contributed by atoms with Gasteiger partial charge in [-0.25, -0.2) is 23.1 Å². The van der Waals surface area contributed by atoms with Crippen LogP contribution in [-0.4, -0.2) is 50.6 Å². The number of fused-ring (bicyclic) bond motifs is 1. The van der Waals surface area contributed by atoms with Crippen molar-refractivity contribution >= 4 is 44.3 Å². The van der Waals surface area contributed by atoms with Crippen LogP contribution in [0.25, 0.3) is 10.9 Å². The number of alkyl halides is 3. The Bertz CT molecular complexity index is 1710. The largest absolute Gasteiger partial charge is 0.438 e. The standard InChI is InChI=1S/C30H32ClF3N6O3S/c1-40(2)27-24-5-3-4-6-26(24)38-29(39-27)36-16-19-7-9-20(10-8-19)17-37-44(41,42)23-13-11-22(12-14-23)43-28-25(31)15-21(18-35-28)30(32,33)34/h3-6,11-15,18-20,37H,7-10,16-17H2,1-2H3,(H,36,38,39). The zero-order valence-corrected chi connectivity index (χ0v) is 25.7. The molecule has 234 valence electrons. The Hall–Kier alpha value is -3.68. The number of rotatable bonds is 10. The van der Waals surface area contributed by atoms with Gasteiger partial charge in [-0.15, -0.1) is 0 Å². The van der Waals surface area contributed by atoms with E-state index in [1.54, 1.807) is 0 Å². The van der Waals surface area contributed by atoms with Crippen molar-refractivity contribution in [2.75, 3.05) is 37.4 Å². The number of nitrogens with one attached hydrogen (secondary N) is 2. The molecule has 0 atom stereocenters. The number of aromatic nitrogens is 3. The normalized spacial score (nSPS) is 17.4. The summed E-state index contributed by atoms with van der Waals surface area (Å²) in [6.07, 6.45) is -0.262. The van der Waals surface area contributed by atoms with Crippen LogP contribution in [-0.2, 0) is 16.2 Å². The topological polar surface area (TPSA) is 109 Å². The van der Waals surface area contributed by atoms with Crippen LogP contribution in [0.2, 0.25) is 5.02 Å². The summed E-state index contributed by atoms with van der Waals surface area (Å²) in [5.41, 5.74) is -0.116. The predicted octanol–water partition coefficient (Wildman–Crippen LogP) is 6.75. The molecule has 0 spiro atoms. The first-order chi connectivity index (χ1) is 20.9. The van der Waals surface area contributed by atoms with E-state index >= 15 is 0 Å². The van der Waals surface area contributed by atoms with E-state index in [9.17, 15) is 21.6 Å². The Labute approximate surface area is 258 Å². The summed E-state index contributed by atoms with van der Waals surface area (Å²) < 4.78 is 72.5. The van der Waals surface area contributed by atoms with Crippen molar-refractivity contribution < 1.29 is 26.3 Å². The van der Waals surface area contributed by atoms with Crippen molar-refractivity contribution in [3.8, 4) is 11.6 Å². The van der Waals surface area contributed by atoms with Crippen LogP contribution < -0.4 is 19.7 Å². The molecule has 2 heterocycles. The van der Waals surface area contributed by atoms with Gasteiger partial charge in [-0.3, -0.25) is 0 Å². The number of ether oxygens (including phenoxy) is 1. The number of pyridine rings is 1. The summed E-state index contributed by atoms with van der Waals surface area (Å²) in [6.45, 7) is 1.07. The first-order valence-electron chi connectivity index (χ1n) is 14.1. The van der Waals surface area contributed by atoms with E-state index in [-0.39, 0.29) is 27.5 Å². The third kappa shape index (κ3) is 7.69. The van der Waals surface area contributed by atoms with E-state index < -0.39 is 21.8 Å². The quantitative estimate of drug-likeness (QED) is 0.194. The average molecular weight is 649 g/mol. The highest BCUT2D eigenvalue weighted by Gasteiger charge is 2.32. The van der Waals surface area contributed by atoms with E-state index in [1.807, 2.05) is 43.3 Å². The van der Waals surface area contributed by atoms with Crippen LogP contribution in [0.3, 0.4) is 0 Å². The molecule has 2 aromatic heterocycles. The maximum absolute atomic E-state index is 12.9. The van der Waals surface area contributed by atoms with Crippen LogP contribution in [0.4, 0.5) is 24.9 Å². The fourth-order valence-corrected chi connectivity index (χ4v) is 6.44. The second-order valence-electron chi connectivity index (χ2n) is 11.0. The smallest absolute Gasteiger partial charge is 0.417 e. The summed E-state index contributed by atoms with van der Waals surface area (Å²) in [7, 11) is 0.140. The maximum Gasteiger partial charge on any atom is 0.417 e. The van der Waals surface area contributed by atoms with Crippen molar-refractivity contribution in [3.05, 3.63) is 71.4 Å². The van der Waals surface area contributed by atoms with Gasteiger partial charge in [-0.05, 0) is 80.0 Å². The fourth-order valence-electron chi connectivity index (χ4n) is 5.12. The SMILES string of the molecule is CN(C)c1nc(NCC2CCC(CNS(=O)(=O)c3ccc(Oc4ncc(C(F)(F)F)cc4Cl)cc3)CC2)nc2ccccc12. The number of hydrogen-bond donors (Lipinski definition) is 2. The Morgan fingerprint density at radius 1 is 0.977 bits per heavy atom. The molecule has 14 heteroatoms. The van der Waals surface area contributed by atoms with Gasteiger partial charge in [0.15, 0.2) is 0 Å². The van der Waals surface area contributed by atoms with Gasteiger partial charge >= 0.3 is 6.18 Å². The molecule has 1 aliphatic carbocycles. The van der Waals surface area contributed by atoms with Gasteiger partial charge in [0.2, 0.25) is 21.9 Å². The van der Waals surface area contributed by atoms with Gasteiger partial charge in [0.25, 0.3) is 0 Å². The highest BCUT2D eigenvalue weighted by molar-refractivity contribution is 7.89. The van der Waals surface area contributed by atoms with Crippen LogP contribution >= 0.6 is 11.6 Å². The molecular formula is C30H32ClF3N6O3S. The highest BCUT2D eigenvalue weighted by Crippen LogP contribution is 2.35. The number of benzene rings is 2. The van der Waals surface area contributed by atoms with Crippen molar-refractivity contribution in [2.24, 2.45) is 11.8 Å². The number of anilines is 2. The molecule has 0 aliphatic heterocycles. The lowest BCUT2D eigenvalue weighted by atomic mass is 9.82. The molecule has 1 fully saturated rings. The van der Waals surface area contributed by atoms with Crippen LogP contribution in [0.1, 0.15) is 31.2 Å². The molecule has 5 rings (SSSR count). The average Bonchev–Trinajstić information content (AvgIpc) is 3.00. The fraction of sp³-hybridized carbons (Fsp3) is 0.367. The minimum atomic E-state index is -4.58. The minimum absolute atomic E-state index is 0.0432. The molecule has 0 unspecified atom stereocenters. The monoisotopic (exact) mass is 648 g/mol. The summed E-state index contributed by atoms with van der Waals surface area (Å²) >= 11 is 5.89. The first-order valence-corrected chi connectivity index (χ1v) is 15.9. The number of hydrogen-bond acceptors (Lipinski definition) is 8. The van der Waals surface area contributed by atoms with Gasteiger partial charge in [0.05, 0.1) is 16.0 Å². The zero-order chi connectivity index (χ0) is 31.5. The van der Waals surface area contributed by atoms with Crippen LogP contribution in [0.15, 0.2) is 65.7 Å². The summed E-state index contributed by atoms with van der Waals surface area (Å²) in [5.74, 6) is 2.06. The Morgan fingerprint density at radius 2 is 1.64 bits per heavy atom. The molecule has 0 bridgehead atoms. The second-order valence-corrected chi connectivity index (χ2v) is 13.2. The van der Waals surface area contributed by atoms with Gasteiger partial charge in [0.1, 0.15) is 16.6 Å². The molecule has 1 saturated carbocycles. The van der Waals surface area contributed by atoms with E-state index in [0.29, 0.717) is 24.6 Å². The number of halogens is 4. The Morgan fingerprint density at radius 3 is 2.27 bits per heavy atom. The van der Waals surface area contributed by atoms with Gasteiger partial charge < -0.3 is 15.0 Å². The lowest BCUT2D eigenvalue weighted by Gasteiger charge is -2.28. The summed E-state index contributed by atoms with van der Waals surface area (Å²) in [6, 6.07) is 14.1. The van der Waals surface area contributed by atoms with Crippen LogP contribution in [0.5, 0.6) is 11.6 Å². The third-order valence-corrected chi connectivity index (χ3v) is 9.28. The third-order valence-electron chi connectivity index (χ3n) is 7.57. The van der Waals surface area contributed by atoms with E-state index in [4.69, 9.17) is 21.3 Å². The van der Waals surface area contributed by atoms with E-state index in [2.05, 4.69) is 20.0 Å². The van der Waals surface area contributed by atoms with Gasteiger partial charge in [-0.1, -0.05) is 23.7 Å². The number of para-hydroxylation sites is 1. The molecule has 2 N–H and O–H groups in total. The zero-order valence-electron chi connectivity index (χ0n) is 24.1. The summed E-state index contributed by atoms with van der Waals surface area (Å²) in [4.78, 5) is 15.0. The lowest BCUT2D eigenvalue weighted by molar-refractivity contribution is -0.137. The maximum atomic E-state index is 12.9. The molecule has 2 aromatic carbocycles. The van der Waals surface area contributed by atoms with Gasteiger partial charge in [0, 0.05) is 38.8 Å². The van der Waals surface area contributed by atoms with Crippen molar-refractivity contribution in [1.29, 1.82) is 0 Å². The molecule has 44 heavy (non-hydrogen) atoms. The summed E-state index contributed by atoms with van der Waals surface area (Å²) in [5, 5.41) is 4.08. The molecule has 4 aromatic rings. The molecule has 1 aliphatic rings. The van der Waals surface area contributed by atoms with E-state index in [0.717, 1.165) is 55.0 Å². The Kier molecular flexibility index (Phi) is 9.47. The van der Waals surface area contributed by atoms with Crippen molar-refractivity contribution in [1.82, 2.24) is 19.7 Å². The van der Waals surface area contributed by atoms with Crippen molar-refractivity contribution in [3.63, 3.8) is 0 Å². The minimum Gasteiger partial charge on any atom is -0.438 e. The first kappa shape index (κ1) is 31.7. The number of nitrogens with zero attached hydrogens (tertiary/aromatic N) is 4. The molecular weight excluding hydrogens is 617 g/mol. The van der Waals surface area contributed by atoms with Crippen molar-refractivity contribution in [2.45, 2.75) is 36.8 Å². The molecule has 0 amide bonds. The lowest BCUT2D eigenvalue weighted by Crippen LogP contribution is -2.32. The molecule has 0 saturated heterocycles.